The molecule has 0 fully saturated rings. The zero-order valence-electron chi connectivity index (χ0n) is 12.9. The van der Waals surface area contributed by atoms with Gasteiger partial charge in [0.15, 0.2) is 5.58 Å². The van der Waals surface area contributed by atoms with Gasteiger partial charge in [-0.15, -0.1) is 0 Å². The van der Waals surface area contributed by atoms with Gasteiger partial charge in [-0.2, -0.15) is 5.26 Å². The fourth-order valence-electron chi connectivity index (χ4n) is 2.06. The first-order valence-electron chi connectivity index (χ1n) is 7.19. The number of hydrogen-bond donors (Lipinski definition) is 1. The number of nitrogens with zero attached hydrogens (tertiary/aromatic N) is 2. The van der Waals surface area contributed by atoms with Crippen LogP contribution in [-0.4, -0.2) is 16.1 Å². The molecule has 1 atom stereocenters. The lowest BCUT2D eigenvalue weighted by Gasteiger charge is -2.10. The molecule has 0 spiro atoms. The molecule has 0 bridgehead atoms. The van der Waals surface area contributed by atoms with Gasteiger partial charge in [-0.25, -0.2) is 4.98 Å². The van der Waals surface area contributed by atoms with Crippen LogP contribution in [-0.2, 0) is 4.79 Å². The Bertz CT molecular complexity index is 997. The smallest absolute Gasteiger partial charge is 0.257 e. The van der Waals surface area contributed by atoms with Gasteiger partial charge in [0.05, 0.1) is 15.8 Å². The Morgan fingerprint density at radius 3 is 2.84 bits per heavy atom. The van der Waals surface area contributed by atoms with Crippen LogP contribution in [0.15, 0.2) is 46.0 Å². The minimum atomic E-state index is -0.446. The predicted molar refractivity (Wildman–Crippen MR) is 99.1 cm³/mol. The molecule has 0 aliphatic carbocycles. The first-order valence-corrected chi connectivity index (χ1v) is 8.83. The second-order valence-electron chi connectivity index (χ2n) is 5.15. The van der Waals surface area contributed by atoms with Gasteiger partial charge >= 0.3 is 0 Å². The van der Waals surface area contributed by atoms with Gasteiger partial charge in [0.2, 0.25) is 5.91 Å². The number of benzene rings is 2. The first kappa shape index (κ1) is 17.6. The molecular weight excluding hydrogens is 381 g/mol. The topological polar surface area (TPSA) is 78.9 Å². The highest BCUT2D eigenvalue weighted by Crippen LogP contribution is 2.29. The number of anilines is 1. The van der Waals surface area contributed by atoms with Crippen LogP contribution in [0, 0.1) is 11.3 Å². The maximum atomic E-state index is 12.3. The molecule has 0 saturated heterocycles. The van der Waals surface area contributed by atoms with E-state index in [0.29, 0.717) is 32.6 Å². The molecule has 5 nitrogen and oxygen atoms in total. The van der Waals surface area contributed by atoms with Crippen molar-refractivity contribution in [3.63, 3.8) is 0 Å². The number of nitriles is 1. The number of carbonyl (C=O) groups is 1. The quantitative estimate of drug-likeness (QED) is 0.623. The number of aromatic nitrogens is 1. The molecule has 2 aromatic carbocycles. The lowest BCUT2D eigenvalue weighted by Crippen LogP contribution is -2.22. The second kappa shape index (κ2) is 7.36. The van der Waals surface area contributed by atoms with E-state index in [1.54, 1.807) is 37.3 Å². The molecule has 1 N–H and O–H groups in total. The largest absolute Gasteiger partial charge is 0.431 e. The molecular formula is C17H11Cl2N3O2S. The normalized spacial score (nSPS) is 11.9. The number of amides is 1. The lowest BCUT2D eigenvalue weighted by molar-refractivity contribution is -0.115. The molecule has 0 radical (unpaired) electrons. The summed E-state index contributed by atoms with van der Waals surface area (Å²) in [7, 11) is 0. The average molecular weight is 392 g/mol. The Morgan fingerprint density at radius 2 is 2.12 bits per heavy atom. The summed E-state index contributed by atoms with van der Waals surface area (Å²) in [5.41, 5.74) is 2.12. The van der Waals surface area contributed by atoms with Crippen LogP contribution < -0.4 is 5.32 Å². The Hall–Kier alpha value is -2.20. The maximum Gasteiger partial charge on any atom is 0.257 e. The van der Waals surface area contributed by atoms with Crippen LogP contribution in [0.5, 0.6) is 0 Å². The molecule has 126 valence electrons. The Kier molecular flexibility index (Phi) is 5.19. The van der Waals surface area contributed by atoms with E-state index in [1.807, 2.05) is 6.07 Å². The van der Waals surface area contributed by atoms with E-state index >= 15 is 0 Å². The van der Waals surface area contributed by atoms with E-state index in [2.05, 4.69) is 10.3 Å². The van der Waals surface area contributed by atoms with Crippen LogP contribution in [0.2, 0.25) is 10.0 Å². The molecule has 1 amide bonds. The fourth-order valence-corrected chi connectivity index (χ4v) is 3.20. The van der Waals surface area contributed by atoms with E-state index in [1.165, 1.54) is 17.8 Å². The van der Waals surface area contributed by atoms with Gasteiger partial charge in [-0.05, 0) is 37.3 Å². The van der Waals surface area contributed by atoms with Crippen molar-refractivity contribution in [3.05, 3.63) is 52.0 Å². The SMILES string of the molecule is C[C@H](Sc1nc2ccc(Cl)cc2o1)C(=O)Nc1ccc(C#N)c(Cl)c1. The maximum absolute atomic E-state index is 12.3. The number of halogens is 2. The third-order valence-corrected chi connectivity index (χ3v) is 4.83. The molecule has 1 heterocycles. The summed E-state index contributed by atoms with van der Waals surface area (Å²) in [5, 5.41) is 12.4. The Balaban J connectivity index is 1.69. The van der Waals surface area contributed by atoms with E-state index < -0.39 is 5.25 Å². The highest BCUT2D eigenvalue weighted by molar-refractivity contribution is 8.00. The number of nitrogens with one attached hydrogen (secondary N) is 1. The average Bonchev–Trinajstić information content (AvgIpc) is 2.96. The molecule has 8 heteroatoms. The third kappa shape index (κ3) is 4.07. The molecule has 0 unspecified atom stereocenters. The van der Waals surface area contributed by atoms with Crippen molar-refractivity contribution in [1.82, 2.24) is 4.98 Å². The summed E-state index contributed by atoms with van der Waals surface area (Å²) in [6, 6.07) is 11.9. The van der Waals surface area contributed by atoms with Gasteiger partial charge in [-0.3, -0.25) is 4.79 Å². The summed E-state index contributed by atoms with van der Waals surface area (Å²) in [5.74, 6) is -0.230. The summed E-state index contributed by atoms with van der Waals surface area (Å²) < 4.78 is 5.60. The summed E-state index contributed by atoms with van der Waals surface area (Å²) in [6.45, 7) is 1.74. The van der Waals surface area contributed by atoms with Crippen LogP contribution >= 0.6 is 35.0 Å². The number of oxazole rings is 1. The number of carbonyl (C=O) groups excluding carboxylic acids is 1. The van der Waals surface area contributed by atoms with E-state index in [-0.39, 0.29) is 10.9 Å². The zero-order valence-corrected chi connectivity index (χ0v) is 15.2. The van der Waals surface area contributed by atoms with E-state index in [0.717, 1.165) is 0 Å². The zero-order chi connectivity index (χ0) is 18.0. The summed E-state index contributed by atoms with van der Waals surface area (Å²) >= 11 is 13.1. The van der Waals surface area contributed by atoms with Gasteiger partial charge in [0, 0.05) is 16.8 Å². The number of rotatable bonds is 4. The second-order valence-corrected chi connectivity index (χ2v) is 7.28. The van der Waals surface area contributed by atoms with Crippen molar-refractivity contribution in [3.8, 4) is 6.07 Å². The molecule has 0 saturated carbocycles. The van der Waals surface area contributed by atoms with Gasteiger partial charge in [-0.1, -0.05) is 35.0 Å². The highest BCUT2D eigenvalue weighted by Gasteiger charge is 2.18. The van der Waals surface area contributed by atoms with Crippen LogP contribution in [0.3, 0.4) is 0 Å². The van der Waals surface area contributed by atoms with Gasteiger partial charge in [0.1, 0.15) is 11.6 Å². The highest BCUT2D eigenvalue weighted by atomic mass is 35.5. The minimum Gasteiger partial charge on any atom is -0.431 e. The third-order valence-electron chi connectivity index (χ3n) is 3.33. The minimum absolute atomic E-state index is 0.230. The molecule has 3 rings (SSSR count). The molecule has 25 heavy (non-hydrogen) atoms. The Morgan fingerprint density at radius 1 is 1.32 bits per heavy atom. The van der Waals surface area contributed by atoms with Gasteiger partial charge < -0.3 is 9.73 Å². The van der Waals surface area contributed by atoms with Crippen LogP contribution in [0.25, 0.3) is 11.1 Å². The predicted octanol–water partition coefficient (Wildman–Crippen LogP) is 5.13. The van der Waals surface area contributed by atoms with Gasteiger partial charge in [0.25, 0.3) is 5.22 Å². The van der Waals surface area contributed by atoms with Crippen molar-refractivity contribution >= 4 is 57.7 Å². The standard InChI is InChI=1S/C17H11Cl2N3O2S/c1-9(16(23)21-12-4-2-10(8-20)13(19)7-12)25-17-22-14-5-3-11(18)6-15(14)24-17/h2-7,9H,1H3,(H,21,23)/t9-/m0/s1. The van der Waals surface area contributed by atoms with Crippen LogP contribution in [0.1, 0.15) is 12.5 Å². The lowest BCUT2D eigenvalue weighted by atomic mass is 10.2. The fraction of sp³-hybridized carbons (Fsp3) is 0.118. The summed E-state index contributed by atoms with van der Waals surface area (Å²) in [6.07, 6.45) is 0. The number of hydrogen-bond acceptors (Lipinski definition) is 5. The van der Waals surface area contributed by atoms with Crippen molar-refractivity contribution in [1.29, 1.82) is 5.26 Å². The van der Waals surface area contributed by atoms with Crippen molar-refractivity contribution in [2.75, 3.05) is 5.32 Å². The van der Waals surface area contributed by atoms with Crippen LogP contribution in [0.4, 0.5) is 5.69 Å². The van der Waals surface area contributed by atoms with Crippen molar-refractivity contribution in [2.24, 2.45) is 0 Å². The molecule has 0 aliphatic heterocycles. The number of fused-ring (bicyclic) bond motifs is 1. The molecule has 3 aromatic rings. The first-order chi connectivity index (χ1) is 12.0. The van der Waals surface area contributed by atoms with E-state index in [4.69, 9.17) is 32.9 Å². The monoisotopic (exact) mass is 391 g/mol. The van der Waals surface area contributed by atoms with E-state index in [9.17, 15) is 4.79 Å². The number of thioether (sulfide) groups is 1. The van der Waals surface area contributed by atoms with Crippen molar-refractivity contribution < 1.29 is 9.21 Å². The Labute approximate surface area is 157 Å². The molecule has 0 aliphatic rings. The van der Waals surface area contributed by atoms with Crippen molar-refractivity contribution in [2.45, 2.75) is 17.4 Å². The summed E-state index contributed by atoms with van der Waals surface area (Å²) in [4.78, 5) is 16.6. The molecule has 1 aromatic heterocycles.